The van der Waals surface area contributed by atoms with E-state index in [9.17, 15) is 4.39 Å². The lowest BCUT2D eigenvalue weighted by Gasteiger charge is -2.06. The lowest BCUT2D eigenvalue weighted by Crippen LogP contribution is -2.10. The molecule has 92 valence electrons. The molecule has 0 saturated heterocycles. The molecule has 1 heterocycles. The van der Waals surface area contributed by atoms with Crippen LogP contribution in [0.2, 0.25) is 5.02 Å². The van der Waals surface area contributed by atoms with Crippen LogP contribution in [0, 0.1) is 5.82 Å². The van der Waals surface area contributed by atoms with Crippen LogP contribution in [0.3, 0.4) is 0 Å². The van der Waals surface area contributed by atoms with Crippen LogP contribution in [-0.2, 0) is 0 Å². The number of hydrogen-bond donors (Lipinski definition) is 1. The van der Waals surface area contributed by atoms with Crippen LogP contribution < -0.4 is 10.5 Å². The summed E-state index contributed by atoms with van der Waals surface area (Å²) in [6, 6.07) is 7.40. The van der Waals surface area contributed by atoms with E-state index < -0.39 is 5.82 Å². The zero-order valence-corrected chi connectivity index (χ0v) is 10.6. The fraction of sp³-hybridized carbons (Fsp3) is 0. The zero-order chi connectivity index (χ0) is 13.1. The van der Waals surface area contributed by atoms with Crippen molar-refractivity contribution < 1.29 is 9.13 Å². The maximum atomic E-state index is 13.0. The van der Waals surface area contributed by atoms with Crippen molar-refractivity contribution in [3.63, 3.8) is 0 Å². The monoisotopic (exact) mass is 282 g/mol. The van der Waals surface area contributed by atoms with Gasteiger partial charge in [-0.1, -0.05) is 23.8 Å². The summed E-state index contributed by atoms with van der Waals surface area (Å²) in [4.78, 5) is 4.23. The highest BCUT2D eigenvalue weighted by Crippen LogP contribution is 2.25. The smallest absolute Gasteiger partial charge is 0.145 e. The molecule has 0 aliphatic rings. The molecule has 0 radical (unpaired) electrons. The Morgan fingerprint density at radius 2 is 2.00 bits per heavy atom. The van der Waals surface area contributed by atoms with Gasteiger partial charge in [-0.2, -0.15) is 0 Å². The minimum atomic E-state index is -0.494. The van der Waals surface area contributed by atoms with Crippen LogP contribution in [-0.4, -0.2) is 9.97 Å². The fourth-order valence-corrected chi connectivity index (χ4v) is 1.55. The Hall–Kier alpha value is -1.72. The van der Waals surface area contributed by atoms with Crippen molar-refractivity contribution in [1.29, 1.82) is 0 Å². The third kappa shape index (κ3) is 2.94. The van der Waals surface area contributed by atoms with Gasteiger partial charge in [-0.15, -0.1) is 0 Å². The van der Waals surface area contributed by atoms with Crippen LogP contribution in [0.25, 0.3) is 0 Å². The number of nitrogens with zero attached hydrogens (tertiary/aromatic N) is 1. The SMILES string of the molecule is NC(=S)c1ccc(Oc2ccc(F)c(Cl)c2)cn1. The number of halogens is 2. The molecular weight excluding hydrogens is 275 g/mol. The summed E-state index contributed by atoms with van der Waals surface area (Å²) in [7, 11) is 0. The lowest BCUT2D eigenvalue weighted by atomic mass is 10.3. The number of thiocarbonyl (C=S) groups is 1. The molecule has 0 amide bonds. The van der Waals surface area contributed by atoms with Gasteiger partial charge in [0.1, 0.15) is 22.3 Å². The van der Waals surface area contributed by atoms with Crippen molar-refractivity contribution in [1.82, 2.24) is 4.98 Å². The molecule has 0 atom stereocenters. The molecule has 0 saturated carbocycles. The molecule has 0 aliphatic carbocycles. The van der Waals surface area contributed by atoms with Gasteiger partial charge in [-0.3, -0.25) is 0 Å². The Balaban J connectivity index is 2.18. The van der Waals surface area contributed by atoms with Gasteiger partial charge in [-0.25, -0.2) is 9.37 Å². The second kappa shape index (κ2) is 5.29. The van der Waals surface area contributed by atoms with Crippen LogP contribution in [0.1, 0.15) is 5.69 Å². The topological polar surface area (TPSA) is 48.1 Å². The first-order chi connectivity index (χ1) is 8.56. The molecule has 0 fully saturated rings. The molecule has 2 N–H and O–H groups in total. The largest absolute Gasteiger partial charge is 0.456 e. The number of ether oxygens (including phenoxy) is 1. The van der Waals surface area contributed by atoms with Crippen LogP contribution in [0.4, 0.5) is 4.39 Å². The van der Waals surface area contributed by atoms with Crippen molar-refractivity contribution in [2.24, 2.45) is 5.73 Å². The lowest BCUT2D eigenvalue weighted by molar-refractivity contribution is 0.478. The summed E-state index contributed by atoms with van der Waals surface area (Å²) < 4.78 is 18.4. The summed E-state index contributed by atoms with van der Waals surface area (Å²) in [6.07, 6.45) is 1.48. The second-order valence-electron chi connectivity index (χ2n) is 3.42. The van der Waals surface area contributed by atoms with Crippen LogP contribution in [0.15, 0.2) is 36.5 Å². The predicted molar refractivity (Wildman–Crippen MR) is 71.6 cm³/mol. The highest BCUT2D eigenvalue weighted by Gasteiger charge is 2.04. The van der Waals surface area contributed by atoms with Crippen molar-refractivity contribution in [3.05, 3.63) is 53.1 Å². The highest BCUT2D eigenvalue weighted by molar-refractivity contribution is 7.80. The fourth-order valence-electron chi connectivity index (χ4n) is 1.26. The van der Waals surface area contributed by atoms with Gasteiger partial charge in [-0.05, 0) is 24.3 Å². The van der Waals surface area contributed by atoms with Crippen molar-refractivity contribution in [2.75, 3.05) is 0 Å². The molecule has 0 unspecified atom stereocenters. The van der Waals surface area contributed by atoms with Crippen LogP contribution in [0.5, 0.6) is 11.5 Å². The van der Waals surface area contributed by atoms with Crippen molar-refractivity contribution in [2.45, 2.75) is 0 Å². The zero-order valence-electron chi connectivity index (χ0n) is 9.06. The summed E-state index contributed by atoms with van der Waals surface area (Å²) in [5, 5.41) is 0.000199. The summed E-state index contributed by atoms with van der Waals surface area (Å²) in [5.41, 5.74) is 5.93. The van der Waals surface area contributed by atoms with Crippen molar-refractivity contribution >= 4 is 28.8 Å². The van der Waals surface area contributed by atoms with Gasteiger partial charge < -0.3 is 10.5 Å². The molecular formula is C12H8ClFN2OS. The van der Waals surface area contributed by atoms with Crippen LogP contribution >= 0.6 is 23.8 Å². The van der Waals surface area contributed by atoms with E-state index in [-0.39, 0.29) is 10.0 Å². The van der Waals surface area contributed by atoms with Gasteiger partial charge >= 0.3 is 0 Å². The summed E-state index contributed by atoms with van der Waals surface area (Å²) in [6.45, 7) is 0. The van der Waals surface area contributed by atoms with E-state index in [0.29, 0.717) is 17.2 Å². The average Bonchev–Trinajstić information content (AvgIpc) is 2.34. The Kier molecular flexibility index (Phi) is 3.74. The molecule has 2 aromatic rings. The predicted octanol–water partition coefficient (Wildman–Crippen LogP) is 3.30. The molecule has 0 aliphatic heterocycles. The highest BCUT2D eigenvalue weighted by atomic mass is 35.5. The first-order valence-electron chi connectivity index (χ1n) is 4.95. The van der Waals surface area contributed by atoms with E-state index in [4.69, 9.17) is 34.3 Å². The molecule has 2 rings (SSSR count). The Morgan fingerprint density at radius 3 is 2.56 bits per heavy atom. The van der Waals surface area contributed by atoms with Crippen molar-refractivity contribution in [3.8, 4) is 11.5 Å². The minimum Gasteiger partial charge on any atom is -0.456 e. The standard InChI is InChI=1S/C12H8ClFN2OS/c13-9-5-7(1-3-10(9)14)17-8-2-4-11(12(15)18)16-6-8/h1-6H,(H2,15,18). The molecule has 18 heavy (non-hydrogen) atoms. The quantitative estimate of drug-likeness (QED) is 0.878. The Morgan fingerprint density at radius 1 is 1.28 bits per heavy atom. The number of pyridine rings is 1. The summed E-state index contributed by atoms with van der Waals surface area (Å²) >= 11 is 10.4. The van der Waals surface area contributed by atoms with Gasteiger partial charge in [0, 0.05) is 6.07 Å². The molecule has 0 bridgehead atoms. The normalized spacial score (nSPS) is 10.1. The first kappa shape index (κ1) is 12.7. The first-order valence-corrected chi connectivity index (χ1v) is 5.73. The number of hydrogen-bond acceptors (Lipinski definition) is 3. The minimum absolute atomic E-state index is 0.000199. The second-order valence-corrected chi connectivity index (χ2v) is 4.27. The number of nitrogens with two attached hydrogens (primary N) is 1. The van der Waals surface area contributed by atoms with E-state index in [2.05, 4.69) is 4.98 Å². The van der Waals surface area contributed by atoms with E-state index in [1.54, 1.807) is 12.1 Å². The van der Waals surface area contributed by atoms with Gasteiger partial charge in [0.25, 0.3) is 0 Å². The summed E-state index contributed by atoms with van der Waals surface area (Å²) in [5.74, 6) is 0.412. The molecule has 3 nitrogen and oxygen atoms in total. The van der Waals surface area contributed by atoms with Gasteiger partial charge in [0.2, 0.25) is 0 Å². The van der Waals surface area contributed by atoms with E-state index in [1.807, 2.05) is 0 Å². The number of benzene rings is 1. The molecule has 0 spiro atoms. The number of rotatable bonds is 3. The molecule has 6 heteroatoms. The number of aromatic nitrogens is 1. The Labute approximate surface area is 113 Å². The average molecular weight is 283 g/mol. The van der Waals surface area contributed by atoms with Gasteiger partial charge in [0.15, 0.2) is 0 Å². The molecule has 1 aromatic heterocycles. The maximum Gasteiger partial charge on any atom is 0.145 e. The maximum absolute atomic E-state index is 13.0. The third-order valence-corrected chi connectivity index (χ3v) is 2.61. The van der Waals surface area contributed by atoms with E-state index in [0.717, 1.165) is 0 Å². The molecule has 1 aromatic carbocycles. The third-order valence-electron chi connectivity index (χ3n) is 2.12. The van der Waals surface area contributed by atoms with Gasteiger partial charge in [0.05, 0.1) is 16.9 Å². The van der Waals surface area contributed by atoms with E-state index >= 15 is 0 Å². The Bertz CT molecular complexity index is 589. The van der Waals surface area contributed by atoms with E-state index in [1.165, 1.54) is 24.4 Å².